The second kappa shape index (κ2) is 48.7. The summed E-state index contributed by atoms with van der Waals surface area (Å²) in [5.41, 5.74) is 12.3. The Morgan fingerprint density at radius 2 is 1.21 bits per heavy atom. The lowest BCUT2D eigenvalue weighted by atomic mass is 9.72. The number of morpholine rings is 1. The molecule has 2 aromatic rings. The van der Waals surface area contributed by atoms with Crippen molar-refractivity contribution in [2.24, 2.45) is 11.1 Å². The van der Waals surface area contributed by atoms with Crippen LogP contribution in [-0.2, 0) is 14.3 Å². The molecule has 0 bridgehead atoms. The van der Waals surface area contributed by atoms with Crippen molar-refractivity contribution in [3.05, 3.63) is 119 Å². The number of hydrogen-bond acceptors (Lipinski definition) is 9. The fraction of sp³-hybridized carbons (Fsp3) is 0.671. The number of phenolic OH excluding ortho intramolecular Hbond substituents is 1. The predicted octanol–water partition coefficient (Wildman–Crippen LogP) is 17.0. The second-order valence-corrected chi connectivity index (χ2v) is 24.8. The molecule has 2 unspecified atom stereocenters. The summed E-state index contributed by atoms with van der Waals surface area (Å²) in [6, 6.07) is 15.3. The van der Waals surface area contributed by atoms with E-state index < -0.39 is 18.2 Å². The number of unbranched alkanes of at least 4 members (excludes halogenated alkanes) is 24. The second-order valence-electron chi connectivity index (χ2n) is 24.8. The summed E-state index contributed by atoms with van der Waals surface area (Å²) in [5, 5.41) is 44.6. The number of anilines is 1. The smallest absolute Gasteiger partial charge is 0.248 e. The van der Waals surface area contributed by atoms with Crippen LogP contribution in [0, 0.1) is 5.41 Å². The van der Waals surface area contributed by atoms with Crippen LogP contribution in [0.1, 0.15) is 259 Å². The van der Waals surface area contributed by atoms with Crippen LogP contribution >= 0.6 is 0 Å². The van der Waals surface area contributed by atoms with Crippen molar-refractivity contribution in [3.63, 3.8) is 0 Å². The van der Waals surface area contributed by atoms with E-state index >= 15 is 0 Å². The molecule has 1 heterocycles. The molecule has 2 amide bonds. The zero-order chi connectivity index (χ0) is 61.5. The van der Waals surface area contributed by atoms with Gasteiger partial charge in [0.15, 0.2) is 0 Å². The molecular formula is C73H122N4O7. The number of benzene rings is 2. The van der Waals surface area contributed by atoms with Crippen LogP contribution in [0.4, 0.5) is 5.69 Å². The average molecular weight is 1170 g/mol. The van der Waals surface area contributed by atoms with Crippen LogP contribution in [0.15, 0.2) is 113 Å². The number of carbonyl (C=O) groups is 2. The van der Waals surface area contributed by atoms with Crippen molar-refractivity contribution in [3.8, 4) is 5.75 Å². The zero-order valence-corrected chi connectivity index (χ0v) is 54.2. The summed E-state index contributed by atoms with van der Waals surface area (Å²) in [4.78, 5) is 27.0. The van der Waals surface area contributed by atoms with Crippen LogP contribution in [0.25, 0.3) is 0 Å². The third-order valence-electron chi connectivity index (χ3n) is 16.5. The Balaban J connectivity index is 0.000000443. The number of aromatic hydroxyl groups is 1. The number of phenols is 1. The van der Waals surface area contributed by atoms with E-state index in [0.717, 1.165) is 49.9 Å². The van der Waals surface area contributed by atoms with Gasteiger partial charge >= 0.3 is 0 Å². The molecule has 4 rings (SSSR count). The molecule has 1 fully saturated rings. The Hall–Kier alpha value is -4.36. The standard InChI is InChI=1S/C29H50N2O3.C26H33NO2.C18H39NO2/c1-2-3-4-5-6-7-8-9-10-11-12-13-17-20-28(32)30-27(25-31-21-23-34-24-22-31)29(33)26-18-15-14-16-19-26;1-19(11-16-24-21(3)10-7-17-26(24,4)5)8-6-9-20(2)18-25(29)27-22-12-14-23(28)15-13-22;1-2-3-4-5-6-7-8-9-10-11-12-13-14-15-18(21)17(19)16-20/h14-16,18-19,27,29,33H,2-13,17,20-25H2,1H3,(H,30,32);6,8-9,11-16,18,28H,7,10,17H2,1-5H3,(H,27,29);17-18,20-21H,2-16,19H2,1H3/b;9-6+,16-11+,19-8+,20-18+;/t;;17-,18-/m..0/s1. The third kappa shape index (κ3) is 37.9. The maximum atomic E-state index is 12.7. The highest BCUT2D eigenvalue weighted by atomic mass is 16.5. The van der Waals surface area contributed by atoms with Crippen LogP contribution in [0.3, 0.4) is 0 Å². The Bertz CT molecular complexity index is 2130. The van der Waals surface area contributed by atoms with Crippen molar-refractivity contribution in [1.82, 2.24) is 10.2 Å². The normalized spacial score (nSPS) is 16.4. The summed E-state index contributed by atoms with van der Waals surface area (Å²) in [5.74, 6) is 0.0315. The lowest BCUT2D eigenvalue weighted by Crippen LogP contribution is -2.49. The van der Waals surface area contributed by atoms with Crippen molar-refractivity contribution in [1.29, 1.82) is 0 Å². The number of nitrogens with two attached hydrogens (primary N) is 1. The van der Waals surface area contributed by atoms with E-state index in [1.165, 1.54) is 184 Å². The molecule has 1 aliphatic heterocycles. The van der Waals surface area contributed by atoms with Crippen LogP contribution in [0.2, 0.25) is 0 Å². The minimum Gasteiger partial charge on any atom is -0.508 e. The van der Waals surface area contributed by atoms with Crippen LogP contribution in [-0.4, -0.2) is 94.8 Å². The number of aliphatic hydroxyl groups excluding tert-OH is 3. The van der Waals surface area contributed by atoms with E-state index in [0.29, 0.717) is 31.9 Å². The quantitative estimate of drug-likeness (QED) is 0.0148. The minimum atomic E-state index is -0.709. The predicted molar refractivity (Wildman–Crippen MR) is 355 cm³/mol. The average Bonchev–Trinajstić information content (AvgIpc) is 3.68. The highest BCUT2D eigenvalue weighted by molar-refractivity contribution is 6.00. The van der Waals surface area contributed by atoms with E-state index in [-0.39, 0.29) is 35.6 Å². The number of amides is 2. The molecule has 0 radical (unpaired) electrons. The molecule has 4 atom stereocenters. The third-order valence-corrected chi connectivity index (χ3v) is 16.5. The first-order valence-corrected chi connectivity index (χ1v) is 33.5. The van der Waals surface area contributed by atoms with E-state index in [9.17, 15) is 24.9 Å². The number of nitrogens with one attached hydrogen (secondary N) is 2. The molecule has 2 aromatic carbocycles. The monoisotopic (exact) mass is 1170 g/mol. The molecular weight excluding hydrogens is 1040 g/mol. The molecule has 11 nitrogen and oxygen atoms in total. The Morgan fingerprint density at radius 3 is 1.73 bits per heavy atom. The maximum Gasteiger partial charge on any atom is 0.248 e. The van der Waals surface area contributed by atoms with Crippen molar-refractivity contribution >= 4 is 17.5 Å². The van der Waals surface area contributed by atoms with Crippen molar-refractivity contribution in [2.45, 2.75) is 272 Å². The molecule has 2 aliphatic rings. The summed E-state index contributed by atoms with van der Waals surface area (Å²) in [6.07, 6.45) is 49.9. The van der Waals surface area contributed by atoms with Gasteiger partial charge in [-0.2, -0.15) is 0 Å². The van der Waals surface area contributed by atoms with Gasteiger partial charge in [-0.3, -0.25) is 14.5 Å². The van der Waals surface area contributed by atoms with Crippen molar-refractivity contribution in [2.75, 3.05) is 44.8 Å². The first kappa shape index (κ1) is 75.7. The maximum absolute atomic E-state index is 12.7. The number of nitrogens with zero attached hydrogens (tertiary/aromatic N) is 1. The van der Waals surface area contributed by atoms with Gasteiger partial charge in [0.05, 0.1) is 38.0 Å². The van der Waals surface area contributed by atoms with E-state index in [2.05, 4.69) is 75.3 Å². The lowest BCUT2D eigenvalue weighted by Gasteiger charge is -2.33. The van der Waals surface area contributed by atoms with Gasteiger partial charge in [0.2, 0.25) is 11.8 Å². The lowest BCUT2D eigenvalue weighted by molar-refractivity contribution is -0.123. The molecule has 476 valence electrons. The van der Waals surface area contributed by atoms with Gasteiger partial charge in [-0.25, -0.2) is 0 Å². The van der Waals surface area contributed by atoms with Gasteiger partial charge < -0.3 is 41.5 Å². The van der Waals surface area contributed by atoms with Gasteiger partial charge in [0.25, 0.3) is 0 Å². The summed E-state index contributed by atoms with van der Waals surface area (Å²) < 4.78 is 5.45. The van der Waals surface area contributed by atoms with Crippen molar-refractivity contribution < 1.29 is 34.8 Å². The zero-order valence-electron chi connectivity index (χ0n) is 54.2. The number of rotatable bonds is 41. The van der Waals surface area contributed by atoms with Gasteiger partial charge in [0.1, 0.15) is 11.9 Å². The first-order valence-electron chi connectivity index (χ1n) is 33.5. The van der Waals surface area contributed by atoms with Crippen LogP contribution in [0.5, 0.6) is 5.75 Å². The Labute approximate surface area is 512 Å². The highest BCUT2D eigenvalue weighted by Crippen LogP contribution is 2.41. The van der Waals surface area contributed by atoms with Gasteiger partial charge in [-0.05, 0) is 99.3 Å². The fourth-order valence-corrected chi connectivity index (χ4v) is 11.1. The molecule has 1 aliphatic carbocycles. The van der Waals surface area contributed by atoms with E-state index in [4.69, 9.17) is 15.6 Å². The van der Waals surface area contributed by atoms with E-state index in [1.807, 2.05) is 49.4 Å². The largest absolute Gasteiger partial charge is 0.508 e. The summed E-state index contributed by atoms with van der Waals surface area (Å²) in [6.45, 7) is 19.0. The summed E-state index contributed by atoms with van der Waals surface area (Å²) in [7, 11) is 0. The fourth-order valence-electron chi connectivity index (χ4n) is 11.1. The topological polar surface area (TPSA) is 178 Å². The van der Waals surface area contributed by atoms with Gasteiger partial charge in [-0.1, -0.05) is 260 Å². The highest BCUT2D eigenvalue weighted by Gasteiger charge is 2.27. The number of hydrogen-bond donors (Lipinski definition) is 7. The molecule has 1 saturated heterocycles. The Morgan fingerprint density at radius 1 is 0.702 bits per heavy atom. The SMILES string of the molecule is CC1=C(/C=C/C(C)=C/C=C/C(C)=C/C(=O)Nc2ccc(O)cc2)C(C)(C)CCC1.CCCCCCCCCCCCCCCC(=O)NC(CN1CCOCC1)C(O)c1ccccc1.CCCCCCCCCCCCCCC[C@H](O)[C@@H](N)CO. The molecule has 8 N–H and O–H groups in total. The van der Waals surface area contributed by atoms with E-state index in [1.54, 1.807) is 30.3 Å². The number of carbonyl (C=O) groups excluding carboxylic acids is 2. The number of ether oxygens (including phenoxy) is 1. The first-order chi connectivity index (χ1) is 40.6. The molecule has 0 saturated carbocycles. The molecule has 0 spiro atoms. The van der Waals surface area contributed by atoms with Crippen LogP contribution < -0.4 is 16.4 Å². The minimum absolute atomic E-state index is 0.0521. The molecule has 84 heavy (non-hydrogen) atoms. The Kier molecular flexibility index (Phi) is 43.9. The summed E-state index contributed by atoms with van der Waals surface area (Å²) >= 11 is 0. The number of allylic oxidation sites excluding steroid dienone is 9. The molecule has 0 aromatic heterocycles. The van der Waals surface area contributed by atoms with Gasteiger partial charge in [0, 0.05) is 37.8 Å². The van der Waals surface area contributed by atoms with Gasteiger partial charge in [-0.15, -0.1) is 0 Å². The number of aliphatic hydroxyl groups is 3. The molecule has 11 heteroatoms.